The van der Waals surface area contributed by atoms with E-state index in [0.717, 1.165) is 25.3 Å². The van der Waals surface area contributed by atoms with Crippen molar-refractivity contribution < 1.29 is 9.53 Å². The van der Waals surface area contributed by atoms with Crippen LogP contribution in [0.1, 0.15) is 5.56 Å². The van der Waals surface area contributed by atoms with Crippen LogP contribution in [0.4, 0.5) is 5.69 Å². The smallest absolute Gasteiger partial charge is 0.253 e. The summed E-state index contributed by atoms with van der Waals surface area (Å²) in [7, 11) is 0. The largest absolute Gasteiger partial charge is 0.365 e. The molecule has 2 unspecified atom stereocenters. The van der Waals surface area contributed by atoms with Crippen molar-refractivity contribution in [1.82, 2.24) is 9.88 Å². The van der Waals surface area contributed by atoms with E-state index in [1.165, 1.54) is 5.56 Å². The maximum atomic E-state index is 12.4. The number of carbonyl (C=O) groups is 1. The Bertz CT molecular complexity index is 677. The number of hydrogen-bond acceptors (Lipinski definition) is 4. The molecule has 0 saturated carbocycles. The summed E-state index contributed by atoms with van der Waals surface area (Å²) in [5.74, 6) is 0.0446. The van der Waals surface area contributed by atoms with Crippen LogP contribution in [-0.4, -0.2) is 47.6 Å². The van der Waals surface area contributed by atoms with Gasteiger partial charge in [0.1, 0.15) is 6.61 Å². The lowest BCUT2D eigenvalue weighted by atomic mass is 10.1. The third kappa shape index (κ3) is 2.85. The van der Waals surface area contributed by atoms with Gasteiger partial charge >= 0.3 is 0 Å². The van der Waals surface area contributed by atoms with Crippen molar-refractivity contribution >= 4 is 11.6 Å². The van der Waals surface area contributed by atoms with Gasteiger partial charge in [0.15, 0.2) is 0 Å². The molecule has 23 heavy (non-hydrogen) atoms. The van der Waals surface area contributed by atoms with Crippen LogP contribution in [0.5, 0.6) is 0 Å². The van der Waals surface area contributed by atoms with E-state index in [-0.39, 0.29) is 24.7 Å². The number of anilines is 1. The van der Waals surface area contributed by atoms with E-state index in [0.29, 0.717) is 0 Å². The Hall–Kier alpha value is -2.24. The number of hydrogen-bond donors (Lipinski definition) is 0. The molecule has 5 nitrogen and oxygen atoms in total. The average Bonchev–Trinajstić information content (AvgIpc) is 2.99. The van der Waals surface area contributed by atoms with Gasteiger partial charge in [-0.05, 0) is 29.8 Å². The predicted octanol–water partition coefficient (Wildman–Crippen LogP) is 1.70. The predicted molar refractivity (Wildman–Crippen MR) is 87.0 cm³/mol. The summed E-state index contributed by atoms with van der Waals surface area (Å²) in [6.07, 6.45) is 3.71. The lowest BCUT2D eigenvalue weighted by molar-refractivity contribution is -0.130. The Morgan fingerprint density at radius 1 is 1.09 bits per heavy atom. The summed E-state index contributed by atoms with van der Waals surface area (Å²) in [5.41, 5.74) is 2.19. The van der Waals surface area contributed by atoms with Gasteiger partial charge in [-0.15, -0.1) is 0 Å². The van der Waals surface area contributed by atoms with Gasteiger partial charge in [-0.2, -0.15) is 0 Å². The van der Waals surface area contributed by atoms with Crippen LogP contribution in [0.15, 0.2) is 54.9 Å². The fourth-order valence-corrected chi connectivity index (χ4v) is 3.48. The average molecular weight is 309 g/mol. The van der Waals surface area contributed by atoms with Crippen LogP contribution in [-0.2, 0) is 16.1 Å². The summed E-state index contributed by atoms with van der Waals surface area (Å²) in [6, 6.07) is 14.0. The maximum absolute atomic E-state index is 12.4. The minimum Gasteiger partial charge on any atom is -0.365 e. The van der Waals surface area contributed by atoms with E-state index >= 15 is 0 Å². The maximum Gasteiger partial charge on any atom is 0.253 e. The summed E-state index contributed by atoms with van der Waals surface area (Å²) >= 11 is 0. The second-order valence-corrected chi connectivity index (χ2v) is 6.07. The second kappa shape index (κ2) is 6.10. The first-order chi connectivity index (χ1) is 11.3. The normalized spacial score (nSPS) is 24.7. The quantitative estimate of drug-likeness (QED) is 0.866. The number of fused-ring (bicyclic) bond motifs is 1. The zero-order valence-corrected chi connectivity index (χ0v) is 12.8. The number of carbonyl (C=O) groups excluding carboxylic acids is 1. The zero-order valence-electron chi connectivity index (χ0n) is 12.8. The number of nitrogens with zero attached hydrogens (tertiary/aromatic N) is 3. The molecule has 0 N–H and O–H groups in total. The van der Waals surface area contributed by atoms with Crippen molar-refractivity contribution in [3.8, 4) is 0 Å². The minimum atomic E-state index is 0.0446. The molecule has 1 amide bonds. The molecule has 2 aromatic rings. The van der Waals surface area contributed by atoms with E-state index in [2.05, 4.69) is 9.88 Å². The molecule has 2 aliphatic rings. The Morgan fingerprint density at radius 3 is 2.65 bits per heavy atom. The molecule has 0 spiro atoms. The van der Waals surface area contributed by atoms with E-state index in [9.17, 15) is 4.79 Å². The molecule has 0 radical (unpaired) electrons. The molecule has 3 heterocycles. The third-order valence-electron chi connectivity index (χ3n) is 4.52. The SMILES string of the molecule is O=C1COC2CN(Cc3ccncc3)CC2N1c1ccccc1. The first-order valence-corrected chi connectivity index (χ1v) is 7.91. The fourth-order valence-electron chi connectivity index (χ4n) is 3.48. The van der Waals surface area contributed by atoms with Gasteiger partial charge in [-0.25, -0.2) is 0 Å². The van der Waals surface area contributed by atoms with Gasteiger partial charge in [0.25, 0.3) is 5.91 Å². The molecule has 2 atom stereocenters. The standard InChI is InChI=1S/C18H19N3O2/c22-18-13-23-17-12-20(10-14-6-8-19-9-7-14)11-16(17)21(18)15-4-2-1-3-5-15/h1-9,16-17H,10-13H2. The van der Waals surface area contributed by atoms with Crippen molar-refractivity contribution in [2.75, 3.05) is 24.6 Å². The molecule has 5 heteroatoms. The summed E-state index contributed by atoms with van der Waals surface area (Å²) < 4.78 is 5.79. The fraction of sp³-hybridized carbons (Fsp3) is 0.333. The Labute approximate surface area is 135 Å². The van der Waals surface area contributed by atoms with Crippen molar-refractivity contribution in [1.29, 1.82) is 0 Å². The monoisotopic (exact) mass is 309 g/mol. The van der Waals surface area contributed by atoms with E-state index < -0.39 is 0 Å². The number of benzene rings is 1. The lowest BCUT2D eigenvalue weighted by Gasteiger charge is -2.36. The van der Waals surface area contributed by atoms with Crippen LogP contribution in [0.25, 0.3) is 0 Å². The highest BCUT2D eigenvalue weighted by atomic mass is 16.5. The molecule has 1 aromatic heterocycles. The van der Waals surface area contributed by atoms with E-state index in [1.54, 1.807) is 0 Å². The molecule has 2 aliphatic heterocycles. The molecular formula is C18H19N3O2. The second-order valence-electron chi connectivity index (χ2n) is 6.07. The van der Waals surface area contributed by atoms with Crippen LogP contribution in [0, 0.1) is 0 Å². The number of ether oxygens (including phenoxy) is 1. The molecule has 2 saturated heterocycles. The topological polar surface area (TPSA) is 45.7 Å². The first-order valence-electron chi connectivity index (χ1n) is 7.91. The van der Waals surface area contributed by atoms with Gasteiger partial charge in [0, 0.05) is 37.7 Å². The number of morpholine rings is 1. The third-order valence-corrected chi connectivity index (χ3v) is 4.52. The molecule has 4 rings (SSSR count). The summed E-state index contributed by atoms with van der Waals surface area (Å²) in [6.45, 7) is 2.70. The van der Waals surface area contributed by atoms with E-state index in [4.69, 9.17) is 4.74 Å². The molecule has 2 fully saturated rings. The van der Waals surface area contributed by atoms with Gasteiger partial charge in [0.05, 0.1) is 12.1 Å². The van der Waals surface area contributed by atoms with Crippen LogP contribution in [0.3, 0.4) is 0 Å². The zero-order chi connectivity index (χ0) is 15.6. The molecular weight excluding hydrogens is 290 g/mol. The number of amides is 1. The minimum absolute atomic E-state index is 0.0446. The van der Waals surface area contributed by atoms with Crippen LogP contribution in [0.2, 0.25) is 0 Å². The Balaban J connectivity index is 1.53. The molecule has 0 aliphatic carbocycles. The van der Waals surface area contributed by atoms with Crippen LogP contribution < -0.4 is 4.90 Å². The van der Waals surface area contributed by atoms with Crippen molar-refractivity contribution in [2.45, 2.75) is 18.7 Å². The molecule has 0 bridgehead atoms. The Kier molecular flexibility index (Phi) is 3.81. The number of pyridine rings is 1. The number of aromatic nitrogens is 1. The molecule has 118 valence electrons. The number of likely N-dealkylation sites (tertiary alicyclic amines) is 1. The highest BCUT2D eigenvalue weighted by molar-refractivity contribution is 5.95. The van der Waals surface area contributed by atoms with E-state index in [1.807, 2.05) is 59.8 Å². The van der Waals surface area contributed by atoms with Gasteiger partial charge in [-0.3, -0.25) is 14.7 Å². The van der Waals surface area contributed by atoms with Crippen molar-refractivity contribution in [2.24, 2.45) is 0 Å². The number of rotatable bonds is 3. The summed E-state index contributed by atoms with van der Waals surface area (Å²) in [5, 5.41) is 0. The first kappa shape index (κ1) is 14.4. The number of para-hydroxylation sites is 1. The Morgan fingerprint density at radius 2 is 1.87 bits per heavy atom. The lowest BCUT2D eigenvalue weighted by Crippen LogP contribution is -2.54. The summed E-state index contributed by atoms with van der Waals surface area (Å²) in [4.78, 5) is 20.7. The highest BCUT2D eigenvalue weighted by Gasteiger charge is 2.43. The van der Waals surface area contributed by atoms with Gasteiger partial charge < -0.3 is 9.64 Å². The van der Waals surface area contributed by atoms with Crippen LogP contribution >= 0.6 is 0 Å². The van der Waals surface area contributed by atoms with Gasteiger partial charge in [-0.1, -0.05) is 18.2 Å². The van der Waals surface area contributed by atoms with Gasteiger partial charge in [0.2, 0.25) is 0 Å². The van der Waals surface area contributed by atoms with Crippen molar-refractivity contribution in [3.63, 3.8) is 0 Å². The van der Waals surface area contributed by atoms with Crippen molar-refractivity contribution in [3.05, 3.63) is 60.4 Å². The molecule has 1 aromatic carbocycles. The highest BCUT2D eigenvalue weighted by Crippen LogP contribution is 2.29.